The number of hydrogen-bond donors (Lipinski definition) is 1. The van der Waals surface area contributed by atoms with Crippen molar-refractivity contribution in [3.8, 4) is 0 Å². The van der Waals surface area contributed by atoms with E-state index in [-0.39, 0.29) is 0 Å². The van der Waals surface area contributed by atoms with Gasteiger partial charge in [0.1, 0.15) is 0 Å². The predicted octanol–water partition coefficient (Wildman–Crippen LogP) is 1.29. The van der Waals surface area contributed by atoms with Crippen molar-refractivity contribution in [1.82, 2.24) is 15.1 Å². The van der Waals surface area contributed by atoms with Crippen LogP contribution < -0.4 is 5.32 Å². The molecule has 0 aliphatic rings. The molecule has 5 heteroatoms. The molecule has 0 saturated carbocycles. The summed E-state index contributed by atoms with van der Waals surface area (Å²) >= 11 is 0. The molecule has 0 atom stereocenters. The van der Waals surface area contributed by atoms with Crippen molar-refractivity contribution in [1.29, 1.82) is 0 Å². The Morgan fingerprint density at radius 1 is 1.39 bits per heavy atom. The van der Waals surface area contributed by atoms with Crippen molar-refractivity contribution in [2.75, 3.05) is 33.5 Å². The van der Waals surface area contributed by atoms with Crippen LogP contribution in [0.15, 0.2) is 12.3 Å². The summed E-state index contributed by atoms with van der Waals surface area (Å²) < 4.78 is 12.5. The minimum absolute atomic E-state index is 0.581. The fraction of sp³-hybridized carbons (Fsp3) is 0.769. The molecule has 0 unspecified atom stereocenters. The van der Waals surface area contributed by atoms with Gasteiger partial charge in [-0.2, -0.15) is 5.10 Å². The molecule has 0 spiro atoms. The Morgan fingerprint density at radius 3 is 2.94 bits per heavy atom. The van der Waals surface area contributed by atoms with Crippen LogP contribution in [0.25, 0.3) is 0 Å². The van der Waals surface area contributed by atoms with Crippen LogP contribution in [0.1, 0.15) is 19.5 Å². The summed E-state index contributed by atoms with van der Waals surface area (Å²) in [5.41, 5.74) is 1.18. The van der Waals surface area contributed by atoms with E-state index in [1.807, 2.05) is 16.9 Å². The second-order valence-corrected chi connectivity index (χ2v) is 4.68. The highest BCUT2D eigenvalue weighted by atomic mass is 16.5. The lowest BCUT2D eigenvalue weighted by Gasteiger charge is -2.10. The number of nitrogens with one attached hydrogen (secondary N) is 1. The minimum atomic E-state index is 0.581. The standard InChI is InChI=1S/C13H25N3O2/c1-12(2)11-18-9-7-16-13(4-5-15-16)10-14-6-8-17-3/h4-5,12,14H,6-11H2,1-3H3. The monoisotopic (exact) mass is 255 g/mol. The summed E-state index contributed by atoms with van der Waals surface area (Å²) in [5, 5.41) is 7.61. The van der Waals surface area contributed by atoms with E-state index in [2.05, 4.69) is 24.3 Å². The maximum absolute atomic E-state index is 5.57. The summed E-state index contributed by atoms with van der Waals surface area (Å²) in [7, 11) is 1.71. The molecule has 0 aliphatic carbocycles. The summed E-state index contributed by atoms with van der Waals surface area (Å²) in [6.07, 6.45) is 1.83. The Labute approximate surface area is 109 Å². The molecule has 1 aromatic rings. The molecular weight excluding hydrogens is 230 g/mol. The van der Waals surface area contributed by atoms with Crippen LogP contribution >= 0.6 is 0 Å². The average Bonchev–Trinajstić information content (AvgIpc) is 2.78. The lowest BCUT2D eigenvalue weighted by atomic mass is 10.2. The first-order valence-corrected chi connectivity index (χ1v) is 6.52. The topological polar surface area (TPSA) is 48.3 Å². The van der Waals surface area contributed by atoms with E-state index in [1.165, 1.54) is 5.69 Å². The molecule has 18 heavy (non-hydrogen) atoms. The molecule has 0 fully saturated rings. The average molecular weight is 255 g/mol. The third-order valence-corrected chi connectivity index (χ3v) is 2.49. The van der Waals surface area contributed by atoms with Gasteiger partial charge < -0.3 is 14.8 Å². The van der Waals surface area contributed by atoms with Crippen LogP contribution in [0.2, 0.25) is 0 Å². The van der Waals surface area contributed by atoms with Crippen LogP contribution in [-0.2, 0) is 22.6 Å². The Kier molecular flexibility index (Phi) is 7.64. The van der Waals surface area contributed by atoms with Gasteiger partial charge in [-0.3, -0.25) is 4.68 Å². The van der Waals surface area contributed by atoms with Crippen molar-refractivity contribution in [2.45, 2.75) is 26.9 Å². The maximum Gasteiger partial charge on any atom is 0.0662 e. The number of hydrogen-bond acceptors (Lipinski definition) is 4. The quantitative estimate of drug-likeness (QED) is 0.640. The van der Waals surface area contributed by atoms with Crippen molar-refractivity contribution in [3.63, 3.8) is 0 Å². The van der Waals surface area contributed by atoms with Gasteiger partial charge in [-0.05, 0) is 12.0 Å². The lowest BCUT2D eigenvalue weighted by Crippen LogP contribution is -2.21. The van der Waals surface area contributed by atoms with Crippen LogP contribution in [0, 0.1) is 5.92 Å². The zero-order chi connectivity index (χ0) is 13.2. The van der Waals surface area contributed by atoms with Gasteiger partial charge in [0.25, 0.3) is 0 Å². The van der Waals surface area contributed by atoms with Crippen molar-refractivity contribution >= 4 is 0 Å². The molecule has 1 rings (SSSR count). The molecule has 0 bridgehead atoms. The fourth-order valence-corrected chi connectivity index (χ4v) is 1.57. The first-order chi connectivity index (χ1) is 8.74. The van der Waals surface area contributed by atoms with Crippen LogP contribution in [0.5, 0.6) is 0 Å². The number of nitrogens with zero attached hydrogens (tertiary/aromatic N) is 2. The van der Waals surface area contributed by atoms with Gasteiger partial charge in [0.15, 0.2) is 0 Å². The van der Waals surface area contributed by atoms with Crippen molar-refractivity contribution < 1.29 is 9.47 Å². The SMILES string of the molecule is COCCNCc1ccnn1CCOCC(C)C. The predicted molar refractivity (Wildman–Crippen MR) is 71.5 cm³/mol. The summed E-state index contributed by atoms with van der Waals surface area (Å²) in [4.78, 5) is 0. The van der Waals surface area contributed by atoms with Gasteiger partial charge in [0, 0.05) is 33.0 Å². The van der Waals surface area contributed by atoms with E-state index in [0.29, 0.717) is 12.5 Å². The first-order valence-electron chi connectivity index (χ1n) is 6.52. The van der Waals surface area contributed by atoms with E-state index < -0.39 is 0 Å². The van der Waals surface area contributed by atoms with Crippen LogP contribution in [-0.4, -0.2) is 43.3 Å². The molecule has 0 saturated heterocycles. The van der Waals surface area contributed by atoms with Gasteiger partial charge in [-0.25, -0.2) is 0 Å². The zero-order valence-corrected chi connectivity index (χ0v) is 11.7. The number of aromatic nitrogens is 2. The fourth-order valence-electron chi connectivity index (χ4n) is 1.57. The Morgan fingerprint density at radius 2 is 2.22 bits per heavy atom. The lowest BCUT2D eigenvalue weighted by molar-refractivity contribution is 0.100. The minimum Gasteiger partial charge on any atom is -0.383 e. The molecule has 5 nitrogen and oxygen atoms in total. The molecule has 0 aromatic carbocycles. The van der Waals surface area contributed by atoms with Gasteiger partial charge in [0.2, 0.25) is 0 Å². The Bertz CT molecular complexity index is 313. The molecule has 0 radical (unpaired) electrons. The molecule has 0 aliphatic heterocycles. The second kappa shape index (κ2) is 9.08. The molecule has 0 amide bonds. The number of ether oxygens (including phenoxy) is 2. The van der Waals surface area contributed by atoms with Crippen molar-refractivity contribution in [3.05, 3.63) is 18.0 Å². The number of rotatable bonds is 10. The molecule has 1 N–H and O–H groups in total. The first kappa shape index (κ1) is 15.1. The van der Waals surface area contributed by atoms with E-state index in [4.69, 9.17) is 9.47 Å². The third kappa shape index (κ3) is 6.14. The highest BCUT2D eigenvalue weighted by molar-refractivity contribution is 4.99. The smallest absolute Gasteiger partial charge is 0.0662 e. The molecule has 104 valence electrons. The Hall–Kier alpha value is -0.910. The van der Waals surface area contributed by atoms with Gasteiger partial charge in [-0.1, -0.05) is 13.8 Å². The molecular formula is C13H25N3O2. The second-order valence-electron chi connectivity index (χ2n) is 4.68. The zero-order valence-electron chi connectivity index (χ0n) is 11.7. The highest BCUT2D eigenvalue weighted by Crippen LogP contribution is 1.99. The third-order valence-electron chi connectivity index (χ3n) is 2.49. The Balaban J connectivity index is 2.22. The summed E-state index contributed by atoms with van der Waals surface area (Å²) in [6.45, 7) is 9.03. The molecule has 1 heterocycles. The van der Waals surface area contributed by atoms with Gasteiger partial charge in [-0.15, -0.1) is 0 Å². The summed E-state index contributed by atoms with van der Waals surface area (Å²) in [5.74, 6) is 0.581. The van der Waals surface area contributed by atoms with Gasteiger partial charge in [0.05, 0.1) is 25.5 Å². The maximum atomic E-state index is 5.57. The van der Waals surface area contributed by atoms with E-state index >= 15 is 0 Å². The van der Waals surface area contributed by atoms with Crippen molar-refractivity contribution in [2.24, 2.45) is 5.92 Å². The normalized spacial score (nSPS) is 11.3. The number of methoxy groups -OCH3 is 1. The highest BCUT2D eigenvalue weighted by Gasteiger charge is 2.02. The van der Waals surface area contributed by atoms with Gasteiger partial charge >= 0.3 is 0 Å². The van der Waals surface area contributed by atoms with Crippen LogP contribution in [0.4, 0.5) is 0 Å². The van der Waals surface area contributed by atoms with E-state index in [9.17, 15) is 0 Å². The van der Waals surface area contributed by atoms with Crippen LogP contribution in [0.3, 0.4) is 0 Å². The largest absolute Gasteiger partial charge is 0.383 e. The molecule has 1 aromatic heterocycles. The van der Waals surface area contributed by atoms with E-state index in [0.717, 1.165) is 32.8 Å². The summed E-state index contributed by atoms with van der Waals surface area (Å²) in [6, 6.07) is 2.03. The van der Waals surface area contributed by atoms with E-state index in [1.54, 1.807) is 7.11 Å².